The fourth-order valence-electron chi connectivity index (χ4n) is 4.72. The molecule has 1 saturated carbocycles. The standard InChI is InChI=1S/C21H27ClN4O3/c1-13-6-17(20(29-2)9-16(13)22)24-21(28)12-25-10-14-7-18(26-5-3-4-23-26)19(27)8-15(14)11-25/h3-6,9,14-15,18-19,27H,7-8,10-12H2,1-2H3,(H,24,28)/t14-,15+,18-,19-/m1/s1. The van der Waals surface area contributed by atoms with E-state index in [0.29, 0.717) is 34.8 Å². The average Bonchev–Trinajstić information content (AvgIpc) is 3.32. The van der Waals surface area contributed by atoms with Crippen LogP contribution in [0.15, 0.2) is 30.6 Å². The Labute approximate surface area is 175 Å². The zero-order valence-corrected chi connectivity index (χ0v) is 17.5. The van der Waals surface area contributed by atoms with Gasteiger partial charge in [-0.2, -0.15) is 5.10 Å². The maximum Gasteiger partial charge on any atom is 0.238 e. The van der Waals surface area contributed by atoms with Gasteiger partial charge in [-0.3, -0.25) is 14.4 Å². The van der Waals surface area contributed by atoms with E-state index in [9.17, 15) is 9.90 Å². The number of nitrogens with zero attached hydrogens (tertiary/aromatic N) is 3. The van der Waals surface area contributed by atoms with Gasteiger partial charge in [0.15, 0.2) is 0 Å². The summed E-state index contributed by atoms with van der Waals surface area (Å²) in [6, 6.07) is 5.44. The number of hydrogen-bond donors (Lipinski definition) is 2. The first-order valence-electron chi connectivity index (χ1n) is 9.98. The third-order valence-corrected chi connectivity index (χ3v) is 6.58. The summed E-state index contributed by atoms with van der Waals surface area (Å²) in [6.45, 7) is 3.90. The number of aromatic nitrogens is 2. The Bertz CT molecular complexity index is 873. The van der Waals surface area contributed by atoms with Crippen molar-refractivity contribution < 1.29 is 14.6 Å². The third-order valence-electron chi connectivity index (χ3n) is 6.17. The highest BCUT2D eigenvalue weighted by Gasteiger charge is 2.42. The fourth-order valence-corrected chi connectivity index (χ4v) is 4.87. The molecule has 2 aliphatic rings. The molecule has 0 unspecified atom stereocenters. The van der Waals surface area contributed by atoms with Gasteiger partial charge in [0.05, 0.1) is 31.5 Å². The van der Waals surface area contributed by atoms with Crippen molar-refractivity contribution in [3.05, 3.63) is 41.2 Å². The SMILES string of the molecule is COc1cc(Cl)c(C)cc1NC(=O)CN1C[C@H]2C[C@@H](n3cccn3)[C@H](O)C[C@H]2C1. The highest BCUT2D eigenvalue weighted by atomic mass is 35.5. The molecular weight excluding hydrogens is 392 g/mol. The fraction of sp³-hybridized carbons (Fsp3) is 0.524. The number of aliphatic hydroxyl groups is 1. The van der Waals surface area contributed by atoms with Crippen LogP contribution in [0.5, 0.6) is 5.75 Å². The Morgan fingerprint density at radius 2 is 2.10 bits per heavy atom. The Morgan fingerprint density at radius 1 is 1.34 bits per heavy atom. The highest BCUT2D eigenvalue weighted by molar-refractivity contribution is 6.31. The van der Waals surface area contributed by atoms with Crippen molar-refractivity contribution in [1.29, 1.82) is 0 Å². The van der Waals surface area contributed by atoms with Gasteiger partial charge in [0.2, 0.25) is 5.91 Å². The lowest BCUT2D eigenvalue weighted by Gasteiger charge is -2.35. The van der Waals surface area contributed by atoms with Gasteiger partial charge < -0.3 is 15.2 Å². The van der Waals surface area contributed by atoms with Gasteiger partial charge in [-0.05, 0) is 49.3 Å². The lowest BCUT2D eigenvalue weighted by molar-refractivity contribution is -0.117. The molecule has 156 valence electrons. The number of halogens is 1. The molecule has 1 saturated heterocycles. The van der Waals surface area contributed by atoms with Crippen molar-refractivity contribution in [1.82, 2.24) is 14.7 Å². The van der Waals surface area contributed by atoms with Gasteiger partial charge in [0, 0.05) is 36.6 Å². The zero-order valence-electron chi connectivity index (χ0n) is 16.7. The van der Waals surface area contributed by atoms with E-state index in [4.69, 9.17) is 16.3 Å². The van der Waals surface area contributed by atoms with Gasteiger partial charge in [-0.1, -0.05) is 11.6 Å². The molecule has 0 spiro atoms. The Morgan fingerprint density at radius 3 is 2.79 bits per heavy atom. The number of aliphatic hydroxyl groups excluding tert-OH is 1. The van der Waals surface area contributed by atoms with Crippen LogP contribution in [0.4, 0.5) is 5.69 Å². The summed E-state index contributed by atoms with van der Waals surface area (Å²) in [6.07, 6.45) is 4.89. The minimum absolute atomic E-state index is 0.0151. The molecule has 1 aliphatic carbocycles. The first-order valence-corrected chi connectivity index (χ1v) is 10.4. The van der Waals surface area contributed by atoms with Crippen LogP contribution in [0.3, 0.4) is 0 Å². The van der Waals surface area contributed by atoms with Crippen LogP contribution in [-0.2, 0) is 4.79 Å². The minimum Gasteiger partial charge on any atom is -0.495 e. The van der Waals surface area contributed by atoms with Gasteiger partial charge in [0.25, 0.3) is 0 Å². The van der Waals surface area contributed by atoms with E-state index in [1.165, 1.54) is 0 Å². The monoisotopic (exact) mass is 418 g/mol. The zero-order chi connectivity index (χ0) is 20.5. The summed E-state index contributed by atoms with van der Waals surface area (Å²) in [7, 11) is 1.56. The van der Waals surface area contributed by atoms with Crippen LogP contribution in [0.1, 0.15) is 24.4 Å². The molecule has 4 atom stereocenters. The van der Waals surface area contributed by atoms with Crippen LogP contribution in [0.25, 0.3) is 0 Å². The van der Waals surface area contributed by atoms with Gasteiger partial charge in [0.1, 0.15) is 5.75 Å². The van der Waals surface area contributed by atoms with E-state index in [1.807, 2.05) is 29.9 Å². The number of anilines is 1. The van der Waals surface area contributed by atoms with E-state index in [-0.39, 0.29) is 11.9 Å². The second kappa shape index (κ2) is 8.34. The molecule has 1 aromatic carbocycles. The molecule has 1 aromatic heterocycles. The third kappa shape index (κ3) is 4.27. The van der Waals surface area contributed by atoms with E-state index in [1.54, 1.807) is 19.4 Å². The molecule has 2 fully saturated rings. The molecule has 2 N–H and O–H groups in total. The second-order valence-electron chi connectivity index (χ2n) is 8.16. The van der Waals surface area contributed by atoms with E-state index in [2.05, 4.69) is 15.3 Å². The molecular formula is C21H27ClN4O3. The summed E-state index contributed by atoms with van der Waals surface area (Å²) in [4.78, 5) is 14.8. The Kier molecular flexibility index (Phi) is 5.81. The van der Waals surface area contributed by atoms with E-state index < -0.39 is 6.10 Å². The number of amides is 1. The van der Waals surface area contributed by atoms with Gasteiger partial charge in [-0.25, -0.2) is 0 Å². The predicted molar refractivity (Wildman–Crippen MR) is 111 cm³/mol. The number of carbonyl (C=O) groups is 1. The molecule has 8 heteroatoms. The number of fused-ring (bicyclic) bond motifs is 1. The molecule has 2 heterocycles. The topological polar surface area (TPSA) is 79.6 Å². The maximum absolute atomic E-state index is 12.6. The van der Waals surface area contributed by atoms with Crippen LogP contribution >= 0.6 is 11.6 Å². The summed E-state index contributed by atoms with van der Waals surface area (Å²) in [5, 5.41) is 18.4. The van der Waals surface area contributed by atoms with Crippen molar-refractivity contribution in [2.24, 2.45) is 11.8 Å². The molecule has 4 rings (SSSR count). The predicted octanol–water partition coefficient (Wildman–Crippen LogP) is 2.74. The summed E-state index contributed by atoms with van der Waals surface area (Å²) in [5.74, 6) is 1.35. The number of nitrogens with one attached hydrogen (secondary N) is 1. The molecule has 1 amide bonds. The normalized spacial score (nSPS) is 26.9. The second-order valence-corrected chi connectivity index (χ2v) is 8.56. The highest BCUT2D eigenvalue weighted by Crippen LogP contribution is 2.41. The first-order chi connectivity index (χ1) is 13.9. The van der Waals surface area contributed by atoms with Gasteiger partial charge >= 0.3 is 0 Å². The molecule has 7 nitrogen and oxygen atoms in total. The van der Waals surface area contributed by atoms with Crippen molar-refractivity contribution >= 4 is 23.2 Å². The quantitative estimate of drug-likeness (QED) is 0.780. The molecule has 29 heavy (non-hydrogen) atoms. The van der Waals surface area contributed by atoms with Crippen LogP contribution in [0.2, 0.25) is 5.02 Å². The average molecular weight is 419 g/mol. The van der Waals surface area contributed by atoms with Crippen molar-refractivity contribution in [3.63, 3.8) is 0 Å². The first kappa shape index (κ1) is 20.2. The number of carbonyl (C=O) groups excluding carboxylic acids is 1. The Balaban J connectivity index is 1.37. The molecule has 2 aromatic rings. The smallest absolute Gasteiger partial charge is 0.238 e. The van der Waals surface area contributed by atoms with Crippen molar-refractivity contribution in [2.45, 2.75) is 31.9 Å². The Hall–Kier alpha value is -2.09. The van der Waals surface area contributed by atoms with Crippen LogP contribution < -0.4 is 10.1 Å². The van der Waals surface area contributed by atoms with E-state index >= 15 is 0 Å². The number of likely N-dealkylation sites (tertiary alicyclic amines) is 1. The maximum atomic E-state index is 12.6. The number of rotatable bonds is 5. The van der Waals surface area contributed by atoms with Crippen LogP contribution in [-0.4, -0.2) is 58.5 Å². The number of hydrogen-bond acceptors (Lipinski definition) is 5. The molecule has 0 radical (unpaired) electrons. The molecule has 1 aliphatic heterocycles. The number of benzene rings is 1. The largest absolute Gasteiger partial charge is 0.495 e. The summed E-state index contributed by atoms with van der Waals surface area (Å²) >= 11 is 6.14. The lowest BCUT2D eigenvalue weighted by Crippen LogP contribution is -2.36. The van der Waals surface area contributed by atoms with Crippen molar-refractivity contribution in [2.75, 3.05) is 32.1 Å². The summed E-state index contributed by atoms with van der Waals surface area (Å²) < 4.78 is 7.21. The molecule has 0 bridgehead atoms. The minimum atomic E-state index is -0.397. The summed E-state index contributed by atoms with van der Waals surface area (Å²) in [5.41, 5.74) is 1.51. The lowest BCUT2D eigenvalue weighted by atomic mass is 9.77. The van der Waals surface area contributed by atoms with Crippen LogP contribution in [0, 0.1) is 18.8 Å². The van der Waals surface area contributed by atoms with Gasteiger partial charge in [-0.15, -0.1) is 0 Å². The number of methoxy groups -OCH3 is 1. The number of ether oxygens (including phenoxy) is 1. The van der Waals surface area contributed by atoms with Crippen molar-refractivity contribution in [3.8, 4) is 5.75 Å². The number of aryl methyl sites for hydroxylation is 1. The van der Waals surface area contributed by atoms with E-state index in [0.717, 1.165) is 31.5 Å².